The fourth-order valence-corrected chi connectivity index (χ4v) is 4.71. The van der Waals surface area contributed by atoms with E-state index in [1.165, 1.54) is 14.1 Å². The maximum atomic E-state index is 11.7. The van der Waals surface area contributed by atoms with Gasteiger partial charge >= 0.3 is 18.1 Å². The van der Waals surface area contributed by atoms with Crippen molar-refractivity contribution in [2.75, 3.05) is 40.4 Å². The number of nitrogens with zero attached hydrogens (tertiary/aromatic N) is 2. The van der Waals surface area contributed by atoms with E-state index in [0.717, 1.165) is 4.31 Å². The summed E-state index contributed by atoms with van der Waals surface area (Å²) in [5, 5.41) is 0. The van der Waals surface area contributed by atoms with Crippen LogP contribution in [0.5, 0.6) is 0 Å². The smallest absolute Gasteiger partial charge is 0.334 e. The Balaban J connectivity index is 3.02. The van der Waals surface area contributed by atoms with Crippen LogP contribution in [0.25, 0.3) is 0 Å². The van der Waals surface area contributed by atoms with Crippen LogP contribution in [0.4, 0.5) is 0 Å². The molecule has 0 aliphatic carbocycles. The number of rotatable bonds is 3. The van der Waals surface area contributed by atoms with Crippen molar-refractivity contribution in [1.29, 1.82) is 0 Å². The average molecular weight is 258 g/mol. The number of hydrogen-bond donors (Lipinski definition) is 0. The highest BCUT2D eigenvalue weighted by Gasteiger charge is 2.38. The van der Waals surface area contributed by atoms with Crippen molar-refractivity contribution < 1.29 is 21.6 Å². The van der Waals surface area contributed by atoms with Crippen molar-refractivity contribution in [3.63, 3.8) is 0 Å². The molecule has 0 aromatic rings. The highest BCUT2D eigenvalue weighted by atomic mass is 33.2. The molecule has 0 N–H and O–H groups in total. The van der Waals surface area contributed by atoms with E-state index in [9.17, 15) is 16.8 Å². The zero-order valence-electron chi connectivity index (χ0n) is 8.58. The Hall–Kier alpha value is -0.220. The van der Waals surface area contributed by atoms with E-state index >= 15 is 0 Å². The molecule has 9 heteroatoms. The molecule has 1 rings (SSSR count). The molecule has 0 atom stereocenters. The van der Waals surface area contributed by atoms with E-state index in [1.807, 2.05) is 0 Å². The summed E-state index contributed by atoms with van der Waals surface area (Å²) in [6.07, 6.45) is 0. The molecule has 7 nitrogen and oxygen atoms in total. The van der Waals surface area contributed by atoms with Crippen LogP contribution in [0.1, 0.15) is 0 Å². The molecule has 1 aliphatic heterocycles. The van der Waals surface area contributed by atoms with E-state index in [4.69, 9.17) is 4.74 Å². The zero-order valence-corrected chi connectivity index (χ0v) is 10.2. The van der Waals surface area contributed by atoms with Crippen LogP contribution in [0.2, 0.25) is 0 Å². The molecule has 0 aromatic heterocycles. The lowest BCUT2D eigenvalue weighted by atomic mass is 10.5. The summed E-state index contributed by atoms with van der Waals surface area (Å²) in [6.45, 7) is 0.606. The minimum atomic E-state index is -4.31. The third kappa shape index (κ3) is 2.31. The monoisotopic (exact) mass is 258 g/mol. The van der Waals surface area contributed by atoms with E-state index < -0.39 is 18.1 Å². The molecule has 0 aromatic carbocycles. The first-order valence-electron chi connectivity index (χ1n) is 4.30. The summed E-state index contributed by atoms with van der Waals surface area (Å²) >= 11 is 0. The van der Waals surface area contributed by atoms with Gasteiger partial charge in [0.05, 0.1) is 13.2 Å². The molecule has 0 radical (unpaired) electrons. The Morgan fingerprint density at radius 3 is 1.93 bits per heavy atom. The van der Waals surface area contributed by atoms with E-state index in [1.54, 1.807) is 0 Å². The van der Waals surface area contributed by atoms with Gasteiger partial charge in [0.25, 0.3) is 0 Å². The van der Waals surface area contributed by atoms with E-state index in [2.05, 4.69) is 0 Å². The summed E-state index contributed by atoms with van der Waals surface area (Å²) in [7, 11) is -6.23. The normalized spacial score (nSPS) is 20.7. The second-order valence-electron chi connectivity index (χ2n) is 3.21. The fraction of sp³-hybridized carbons (Fsp3) is 1.00. The van der Waals surface area contributed by atoms with Crippen molar-refractivity contribution in [3.8, 4) is 0 Å². The van der Waals surface area contributed by atoms with Crippen LogP contribution in [0, 0.1) is 0 Å². The fourth-order valence-electron chi connectivity index (χ4n) is 1.09. The molecule has 1 heterocycles. The van der Waals surface area contributed by atoms with Gasteiger partial charge in [0.2, 0.25) is 0 Å². The molecule has 0 spiro atoms. The standard InChI is InChI=1S/C6H14N2O5S2/c1-7(2)14(9,10)15(11,12)8-3-5-13-6-4-8/h3-6H2,1-2H3. The Bertz CT molecular complexity index is 407. The zero-order chi connectivity index (χ0) is 11.7. The lowest BCUT2D eigenvalue weighted by Gasteiger charge is -2.26. The van der Waals surface area contributed by atoms with Gasteiger partial charge in [-0.1, -0.05) is 0 Å². The molecular weight excluding hydrogens is 244 g/mol. The molecule has 90 valence electrons. The molecule has 0 amide bonds. The minimum absolute atomic E-state index is 0.0788. The Kier molecular flexibility index (Phi) is 3.71. The highest BCUT2D eigenvalue weighted by Crippen LogP contribution is 2.14. The SMILES string of the molecule is CN(C)S(=O)(=O)S(=O)(=O)N1CCOCC1. The predicted molar refractivity (Wildman–Crippen MR) is 53.9 cm³/mol. The average Bonchev–Trinajstić information content (AvgIpc) is 2.18. The largest absolute Gasteiger partial charge is 0.379 e. The van der Waals surface area contributed by atoms with Gasteiger partial charge in [-0.3, -0.25) is 0 Å². The van der Waals surface area contributed by atoms with Crippen LogP contribution in [-0.2, 0) is 22.8 Å². The first-order valence-corrected chi connectivity index (χ1v) is 7.70. The van der Waals surface area contributed by atoms with Gasteiger partial charge in [-0.15, -0.1) is 0 Å². The quantitative estimate of drug-likeness (QED) is 0.573. The van der Waals surface area contributed by atoms with Gasteiger partial charge in [0.15, 0.2) is 0 Å². The van der Waals surface area contributed by atoms with Gasteiger partial charge in [0, 0.05) is 27.2 Å². The summed E-state index contributed by atoms with van der Waals surface area (Å²) in [6, 6.07) is 0. The lowest BCUT2D eigenvalue weighted by Crippen LogP contribution is -2.46. The van der Waals surface area contributed by atoms with Crippen LogP contribution in [0.3, 0.4) is 0 Å². The lowest BCUT2D eigenvalue weighted by molar-refractivity contribution is 0.0739. The van der Waals surface area contributed by atoms with Crippen molar-refractivity contribution in [2.45, 2.75) is 0 Å². The third-order valence-corrected chi connectivity index (χ3v) is 7.55. The maximum Gasteiger partial charge on any atom is 0.334 e. The highest BCUT2D eigenvalue weighted by molar-refractivity contribution is 8.65. The van der Waals surface area contributed by atoms with E-state index in [0.29, 0.717) is 4.31 Å². The van der Waals surface area contributed by atoms with Gasteiger partial charge in [-0.25, -0.2) is 0 Å². The van der Waals surface area contributed by atoms with Crippen molar-refractivity contribution in [1.82, 2.24) is 8.61 Å². The molecule has 15 heavy (non-hydrogen) atoms. The second kappa shape index (κ2) is 4.34. The van der Waals surface area contributed by atoms with Crippen molar-refractivity contribution in [2.24, 2.45) is 0 Å². The molecule has 0 unspecified atom stereocenters. The molecule has 0 saturated carbocycles. The molecular formula is C6H14N2O5S2. The van der Waals surface area contributed by atoms with Gasteiger partial charge in [-0.05, 0) is 0 Å². The number of ether oxygens (including phenoxy) is 1. The molecule has 1 aliphatic rings. The summed E-state index contributed by atoms with van der Waals surface area (Å²) in [5.74, 6) is 0. The van der Waals surface area contributed by atoms with Crippen molar-refractivity contribution >= 4 is 18.1 Å². The summed E-state index contributed by atoms with van der Waals surface area (Å²) < 4.78 is 53.0. The summed E-state index contributed by atoms with van der Waals surface area (Å²) in [4.78, 5) is 0. The third-order valence-electron chi connectivity index (χ3n) is 2.00. The number of hydrogen-bond acceptors (Lipinski definition) is 5. The minimum Gasteiger partial charge on any atom is -0.379 e. The van der Waals surface area contributed by atoms with Gasteiger partial charge < -0.3 is 4.74 Å². The molecule has 1 saturated heterocycles. The molecule has 1 fully saturated rings. The number of morpholine rings is 1. The Morgan fingerprint density at radius 2 is 1.53 bits per heavy atom. The van der Waals surface area contributed by atoms with Crippen LogP contribution in [0.15, 0.2) is 0 Å². The Labute approximate surface area is 89.1 Å². The second-order valence-corrected chi connectivity index (χ2v) is 8.69. The molecule has 0 bridgehead atoms. The maximum absolute atomic E-state index is 11.7. The Morgan fingerprint density at radius 1 is 1.07 bits per heavy atom. The van der Waals surface area contributed by atoms with Crippen molar-refractivity contribution in [3.05, 3.63) is 0 Å². The topological polar surface area (TPSA) is 84.0 Å². The first kappa shape index (κ1) is 12.8. The summed E-state index contributed by atoms with van der Waals surface area (Å²) in [5.41, 5.74) is 0. The van der Waals surface area contributed by atoms with Crippen LogP contribution in [-0.4, -0.2) is 65.8 Å². The van der Waals surface area contributed by atoms with Gasteiger partial charge in [-0.2, -0.15) is 25.4 Å². The van der Waals surface area contributed by atoms with Crippen LogP contribution >= 0.6 is 0 Å². The van der Waals surface area contributed by atoms with Crippen LogP contribution < -0.4 is 0 Å². The first-order chi connectivity index (χ1) is 6.80. The van der Waals surface area contributed by atoms with E-state index in [-0.39, 0.29) is 26.3 Å². The predicted octanol–water partition coefficient (Wildman–Crippen LogP) is -1.55. The van der Waals surface area contributed by atoms with Gasteiger partial charge in [0.1, 0.15) is 0 Å².